The number of nitrogens with one attached hydrogen (secondary N) is 2. The number of benzene rings is 2. The maximum Gasteiger partial charge on any atom is 0.0457 e. The van der Waals surface area contributed by atoms with Gasteiger partial charge in [0.15, 0.2) is 0 Å². The molecule has 23 heavy (non-hydrogen) atoms. The summed E-state index contributed by atoms with van der Waals surface area (Å²) in [4.78, 5) is 6.98. The van der Waals surface area contributed by atoms with Crippen LogP contribution in [0.4, 0.5) is 0 Å². The van der Waals surface area contributed by atoms with E-state index in [0.29, 0.717) is 0 Å². The highest BCUT2D eigenvalue weighted by Crippen LogP contribution is 2.50. The summed E-state index contributed by atoms with van der Waals surface area (Å²) in [5, 5.41) is 2.75. The number of H-pyrrole nitrogens is 2. The molecule has 4 aromatic rings. The Balaban J connectivity index is 1.81. The van der Waals surface area contributed by atoms with Crippen LogP contribution in [0.5, 0.6) is 0 Å². The van der Waals surface area contributed by atoms with Crippen LogP contribution in [-0.2, 0) is 5.41 Å². The molecule has 2 nitrogen and oxygen atoms in total. The third kappa shape index (κ3) is 1.75. The first-order valence-electron chi connectivity index (χ1n) is 8.52. The minimum absolute atomic E-state index is 0.138. The summed E-state index contributed by atoms with van der Waals surface area (Å²) < 4.78 is 0. The predicted molar refractivity (Wildman–Crippen MR) is 95.8 cm³/mol. The van der Waals surface area contributed by atoms with E-state index in [-0.39, 0.29) is 5.41 Å². The van der Waals surface area contributed by atoms with Crippen molar-refractivity contribution in [1.29, 1.82) is 0 Å². The van der Waals surface area contributed by atoms with Crippen LogP contribution < -0.4 is 0 Å². The van der Waals surface area contributed by atoms with Gasteiger partial charge >= 0.3 is 0 Å². The van der Waals surface area contributed by atoms with Gasteiger partial charge in [-0.3, -0.25) is 0 Å². The second kappa shape index (κ2) is 4.76. The van der Waals surface area contributed by atoms with Crippen molar-refractivity contribution < 1.29 is 0 Å². The maximum atomic E-state index is 3.49. The summed E-state index contributed by atoms with van der Waals surface area (Å²) in [5.74, 6) is 0. The molecule has 2 N–H and O–H groups in total. The van der Waals surface area contributed by atoms with E-state index in [2.05, 4.69) is 70.9 Å². The van der Waals surface area contributed by atoms with E-state index in [0.717, 1.165) is 0 Å². The molecule has 0 aliphatic heterocycles. The Morgan fingerprint density at radius 3 is 1.65 bits per heavy atom. The molecule has 2 aromatic carbocycles. The molecule has 1 aliphatic rings. The molecule has 0 saturated heterocycles. The molecule has 1 fully saturated rings. The molecule has 1 aliphatic carbocycles. The third-order valence-electron chi connectivity index (χ3n) is 5.67. The molecule has 114 valence electrons. The Morgan fingerprint density at radius 2 is 1.13 bits per heavy atom. The average molecular weight is 300 g/mol. The zero-order chi connectivity index (χ0) is 15.3. The molecule has 2 heterocycles. The number of para-hydroxylation sites is 2. The molecule has 0 unspecified atom stereocenters. The molecule has 1 saturated carbocycles. The number of fused-ring (bicyclic) bond motifs is 2. The van der Waals surface area contributed by atoms with Gasteiger partial charge < -0.3 is 9.97 Å². The minimum Gasteiger partial charge on any atom is -0.361 e. The minimum atomic E-state index is 0.138. The highest BCUT2D eigenvalue weighted by molar-refractivity contribution is 5.89. The van der Waals surface area contributed by atoms with Gasteiger partial charge in [-0.15, -0.1) is 0 Å². The van der Waals surface area contributed by atoms with Crippen molar-refractivity contribution in [3.05, 3.63) is 72.1 Å². The van der Waals surface area contributed by atoms with Crippen molar-refractivity contribution in [3.63, 3.8) is 0 Å². The molecule has 0 radical (unpaired) electrons. The van der Waals surface area contributed by atoms with E-state index in [1.807, 2.05) is 0 Å². The SMILES string of the molecule is c1ccc2c(C3(c4c[nH]c5ccccc45)CCCC3)c[nH]c2c1. The summed E-state index contributed by atoms with van der Waals surface area (Å²) >= 11 is 0. The van der Waals surface area contributed by atoms with E-state index in [9.17, 15) is 0 Å². The number of hydrogen-bond acceptors (Lipinski definition) is 0. The average Bonchev–Trinajstić information content (AvgIpc) is 3.32. The summed E-state index contributed by atoms with van der Waals surface area (Å²) in [6.07, 6.45) is 9.57. The largest absolute Gasteiger partial charge is 0.361 e. The molecule has 0 atom stereocenters. The molecule has 2 aromatic heterocycles. The Bertz CT molecular complexity index is 907. The number of aromatic amines is 2. The van der Waals surface area contributed by atoms with E-state index in [1.54, 1.807) is 0 Å². The van der Waals surface area contributed by atoms with Gasteiger partial charge in [-0.1, -0.05) is 49.2 Å². The number of aromatic nitrogens is 2. The Hall–Kier alpha value is -2.48. The van der Waals surface area contributed by atoms with Crippen molar-refractivity contribution in [2.45, 2.75) is 31.1 Å². The molecule has 0 amide bonds. The van der Waals surface area contributed by atoms with E-state index in [4.69, 9.17) is 0 Å². The first kappa shape index (κ1) is 13.0. The summed E-state index contributed by atoms with van der Waals surface area (Å²) in [6, 6.07) is 17.4. The Morgan fingerprint density at radius 1 is 0.652 bits per heavy atom. The van der Waals surface area contributed by atoms with Crippen LogP contribution in [0.3, 0.4) is 0 Å². The summed E-state index contributed by atoms with van der Waals surface area (Å²) in [7, 11) is 0. The van der Waals surface area contributed by atoms with Gasteiger partial charge in [0.05, 0.1) is 0 Å². The first-order valence-corrected chi connectivity index (χ1v) is 8.52. The fourth-order valence-corrected chi connectivity index (χ4v) is 4.60. The molecule has 2 heteroatoms. The highest BCUT2D eigenvalue weighted by Gasteiger charge is 2.40. The lowest BCUT2D eigenvalue weighted by atomic mass is 9.73. The van der Waals surface area contributed by atoms with Gasteiger partial charge in [-0.25, -0.2) is 0 Å². The summed E-state index contributed by atoms with van der Waals surface area (Å²) in [5.41, 5.74) is 5.56. The van der Waals surface area contributed by atoms with Crippen molar-refractivity contribution in [1.82, 2.24) is 9.97 Å². The molecular weight excluding hydrogens is 280 g/mol. The maximum absolute atomic E-state index is 3.49. The second-order valence-electron chi connectivity index (χ2n) is 6.79. The first-order chi connectivity index (χ1) is 11.4. The van der Waals surface area contributed by atoms with Gasteiger partial charge in [0, 0.05) is 39.6 Å². The molecule has 5 rings (SSSR count). The fourth-order valence-electron chi connectivity index (χ4n) is 4.60. The number of rotatable bonds is 2. The Kier molecular flexibility index (Phi) is 2.69. The van der Waals surface area contributed by atoms with Crippen LogP contribution in [0.15, 0.2) is 60.9 Å². The van der Waals surface area contributed by atoms with E-state index < -0.39 is 0 Å². The highest BCUT2D eigenvalue weighted by atomic mass is 14.7. The van der Waals surface area contributed by atoms with Crippen LogP contribution in [0.1, 0.15) is 36.8 Å². The zero-order valence-corrected chi connectivity index (χ0v) is 13.1. The van der Waals surface area contributed by atoms with Crippen LogP contribution in [0, 0.1) is 0 Å². The summed E-state index contributed by atoms with van der Waals surface area (Å²) in [6.45, 7) is 0. The van der Waals surface area contributed by atoms with Gasteiger partial charge in [-0.2, -0.15) is 0 Å². The fraction of sp³-hybridized carbons (Fsp3) is 0.238. The smallest absolute Gasteiger partial charge is 0.0457 e. The van der Waals surface area contributed by atoms with Crippen molar-refractivity contribution in [3.8, 4) is 0 Å². The van der Waals surface area contributed by atoms with Gasteiger partial charge in [0.2, 0.25) is 0 Å². The zero-order valence-electron chi connectivity index (χ0n) is 13.1. The predicted octanol–water partition coefficient (Wildman–Crippen LogP) is 5.51. The van der Waals surface area contributed by atoms with Crippen molar-refractivity contribution >= 4 is 21.8 Å². The van der Waals surface area contributed by atoms with Crippen molar-refractivity contribution in [2.24, 2.45) is 0 Å². The lowest BCUT2D eigenvalue weighted by Crippen LogP contribution is -2.23. The lowest BCUT2D eigenvalue weighted by Gasteiger charge is -2.29. The number of hydrogen-bond donors (Lipinski definition) is 2. The molecule has 0 spiro atoms. The van der Waals surface area contributed by atoms with E-state index in [1.165, 1.54) is 58.6 Å². The van der Waals surface area contributed by atoms with Gasteiger partial charge in [0.25, 0.3) is 0 Å². The van der Waals surface area contributed by atoms with Crippen LogP contribution in [0.25, 0.3) is 21.8 Å². The third-order valence-corrected chi connectivity index (χ3v) is 5.67. The van der Waals surface area contributed by atoms with Gasteiger partial charge in [0.1, 0.15) is 0 Å². The second-order valence-corrected chi connectivity index (χ2v) is 6.79. The standard InChI is InChI=1S/C21H20N2/c1-3-9-19-15(7-1)17(13-22-19)21(11-5-6-12-21)18-14-23-20-10-4-2-8-16(18)20/h1-4,7-10,13-14,22-23H,5-6,11-12H2. The quantitative estimate of drug-likeness (QED) is 0.489. The molecular formula is C21H20N2. The van der Waals surface area contributed by atoms with Crippen LogP contribution in [0.2, 0.25) is 0 Å². The van der Waals surface area contributed by atoms with Gasteiger partial charge in [-0.05, 0) is 36.1 Å². The van der Waals surface area contributed by atoms with Crippen LogP contribution >= 0.6 is 0 Å². The topological polar surface area (TPSA) is 31.6 Å². The molecule has 0 bridgehead atoms. The Labute approximate surface area is 135 Å². The lowest BCUT2D eigenvalue weighted by molar-refractivity contribution is 0.544. The van der Waals surface area contributed by atoms with Crippen molar-refractivity contribution in [2.75, 3.05) is 0 Å². The van der Waals surface area contributed by atoms with E-state index >= 15 is 0 Å². The van der Waals surface area contributed by atoms with Crippen LogP contribution in [-0.4, -0.2) is 9.97 Å². The monoisotopic (exact) mass is 300 g/mol. The normalized spacial score (nSPS) is 17.2.